The highest BCUT2D eigenvalue weighted by atomic mass is 16.3. The second-order valence-electron chi connectivity index (χ2n) is 4.02. The Balaban J connectivity index is 2.55. The number of aliphatic hydroxyl groups excluding tert-OH is 1. The van der Waals surface area contributed by atoms with Gasteiger partial charge < -0.3 is 10.1 Å². The van der Waals surface area contributed by atoms with Crippen LogP contribution >= 0.6 is 0 Å². The van der Waals surface area contributed by atoms with Crippen molar-refractivity contribution in [3.63, 3.8) is 0 Å². The number of likely N-dealkylation sites (N-methyl/N-ethyl adjacent to an activating group) is 1. The molecule has 0 aliphatic heterocycles. The Morgan fingerprint density at radius 1 is 1.54 bits per heavy atom. The summed E-state index contributed by atoms with van der Waals surface area (Å²) < 4.78 is 0. The highest BCUT2D eigenvalue weighted by Crippen LogP contribution is 2.13. The molecule has 0 amide bonds. The summed E-state index contributed by atoms with van der Waals surface area (Å²) in [4.78, 5) is 5.26. The number of rotatable bonds is 4. The van der Waals surface area contributed by atoms with Gasteiger partial charge in [0, 0.05) is 24.0 Å². The van der Waals surface area contributed by atoms with Crippen LogP contribution in [0.25, 0.3) is 0 Å². The maximum atomic E-state index is 9.14. The normalized spacial score (nSPS) is 12.4. The third-order valence-electron chi connectivity index (χ3n) is 2.49. The molecule has 3 nitrogen and oxygen atoms in total. The van der Waals surface area contributed by atoms with Crippen molar-refractivity contribution in [2.24, 2.45) is 0 Å². The number of aromatic nitrogens is 1. The summed E-state index contributed by atoms with van der Waals surface area (Å²) in [6.45, 7) is 5.05. The molecule has 0 fully saturated rings. The molecule has 1 heterocycles. The average Bonchev–Trinajstić information content (AvgIpc) is 2.57. The van der Waals surface area contributed by atoms with E-state index in [1.54, 1.807) is 0 Å². The summed E-state index contributed by atoms with van der Waals surface area (Å²) in [6.07, 6.45) is 1.91. The van der Waals surface area contributed by atoms with Gasteiger partial charge in [-0.1, -0.05) is 0 Å². The summed E-state index contributed by atoms with van der Waals surface area (Å²) in [5, 5.41) is 9.14. The molecule has 1 aromatic rings. The lowest BCUT2D eigenvalue weighted by Crippen LogP contribution is -2.43. The second-order valence-corrected chi connectivity index (χ2v) is 4.02. The first-order valence-electron chi connectivity index (χ1n) is 4.50. The lowest BCUT2D eigenvalue weighted by Gasteiger charge is -2.33. The zero-order valence-electron chi connectivity index (χ0n) is 8.54. The predicted molar refractivity (Wildman–Crippen MR) is 53.4 cm³/mol. The van der Waals surface area contributed by atoms with E-state index in [-0.39, 0.29) is 12.1 Å². The quantitative estimate of drug-likeness (QED) is 0.735. The fourth-order valence-electron chi connectivity index (χ4n) is 1.06. The Hall–Kier alpha value is -0.800. The molecule has 3 heteroatoms. The zero-order chi connectivity index (χ0) is 9.90. The standard InChI is InChI=1S/C10H18N2O/c1-10(2,8-13)12(3)7-9-5-4-6-11-9/h4-6,11,13H,7-8H2,1-3H3. The van der Waals surface area contributed by atoms with Crippen LogP contribution in [0.5, 0.6) is 0 Å². The molecule has 0 aromatic carbocycles. The van der Waals surface area contributed by atoms with Crippen LogP contribution in [0, 0.1) is 0 Å². The number of nitrogens with one attached hydrogen (secondary N) is 1. The molecule has 0 aliphatic rings. The summed E-state index contributed by atoms with van der Waals surface area (Å²) in [6, 6.07) is 4.03. The lowest BCUT2D eigenvalue weighted by atomic mass is 10.1. The maximum Gasteiger partial charge on any atom is 0.0610 e. The molecule has 2 N–H and O–H groups in total. The number of aliphatic hydroxyl groups is 1. The van der Waals surface area contributed by atoms with Crippen LogP contribution in [-0.2, 0) is 6.54 Å². The summed E-state index contributed by atoms with van der Waals surface area (Å²) in [7, 11) is 2.01. The predicted octanol–water partition coefficient (Wildman–Crippen LogP) is 1.22. The molecule has 0 atom stereocenters. The molecule has 0 saturated heterocycles. The topological polar surface area (TPSA) is 39.3 Å². The molecular weight excluding hydrogens is 164 g/mol. The van der Waals surface area contributed by atoms with E-state index in [0.29, 0.717) is 0 Å². The van der Waals surface area contributed by atoms with Crippen LogP contribution in [0.2, 0.25) is 0 Å². The van der Waals surface area contributed by atoms with E-state index in [1.807, 2.05) is 39.2 Å². The van der Waals surface area contributed by atoms with Crippen molar-refractivity contribution in [1.82, 2.24) is 9.88 Å². The molecule has 0 unspecified atom stereocenters. The molecule has 1 rings (SSSR count). The summed E-state index contributed by atoms with van der Waals surface area (Å²) in [5.74, 6) is 0. The van der Waals surface area contributed by atoms with Crippen molar-refractivity contribution in [3.8, 4) is 0 Å². The van der Waals surface area contributed by atoms with Crippen LogP contribution in [0.3, 0.4) is 0 Å². The van der Waals surface area contributed by atoms with Crippen molar-refractivity contribution < 1.29 is 5.11 Å². The van der Waals surface area contributed by atoms with Gasteiger partial charge in [0.15, 0.2) is 0 Å². The summed E-state index contributed by atoms with van der Waals surface area (Å²) >= 11 is 0. The van der Waals surface area contributed by atoms with Gasteiger partial charge in [0.25, 0.3) is 0 Å². The van der Waals surface area contributed by atoms with Crippen LogP contribution < -0.4 is 0 Å². The van der Waals surface area contributed by atoms with Crippen molar-refractivity contribution >= 4 is 0 Å². The Labute approximate surface area is 79.4 Å². The largest absolute Gasteiger partial charge is 0.394 e. The van der Waals surface area contributed by atoms with E-state index in [4.69, 9.17) is 5.11 Å². The van der Waals surface area contributed by atoms with Gasteiger partial charge in [0.1, 0.15) is 0 Å². The maximum absolute atomic E-state index is 9.14. The van der Waals surface area contributed by atoms with Crippen molar-refractivity contribution in [2.45, 2.75) is 25.9 Å². The van der Waals surface area contributed by atoms with E-state index in [9.17, 15) is 0 Å². The Morgan fingerprint density at radius 2 is 2.23 bits per heavy atom. The van der Waals surface area contributed by atoms with Gasteiger partial charge in [0.05, 0.1) is 6.61 Å². The molecule has 0 bridgehead atoms. The number of hydrogen-bond donors (Lipinski definition) is 2. The molecule has 74 valence electrons. The van der Waals surface area contributed by atoms with Crippen molar-refractivity contribution in [2.75, 3.05) is 13.7 Å². The van der Waals surface area contributed by atoms with Gasteiger partial charge in [-0.2, -0.15) is 0 Å². The van der Waals surface area contributed by atoms with Gasteiger partial charge in [-0.3, -0.25) is 4.90 Å². The van der Waals surface area contributed by atoms with Crippen LogP contribution in [0.1, 0.15) is 19.5 Å². The SMILES string of the molecule is CN(Cc1ccc[nH]1)C(C)(C)CO. The van der Waals surface area contributed by atoms with Gasteiger partial charge in [0.2, 0.25) is 0 Å². The third-order valence-corrected chi connectivity index (χ3v) is 2.49. The van der Waals surface area contributed by atoms with E-state index >= 15 is 0 Å². The molecule has 0 spiro atoms. The monoisotopic (exact) mass is 182 g/mol. The van der Waals surface area contributed by atoms with Gasteiger partial charge >= 0.3 is 0 Å². The summed E-state index contributed by atoms with van der Waals surface area (Å²) in [5.41, 5.74) is 1.01. The van der Waals surface area contributed by atoms with Gasteiger partial charge in [-0.25, -0.2) is 0 Å². The lowest BCUT2D eigenvalue weighted by molar-refractivity contribution is 0.0726. The minimum absolute atomic E-state index is 0.162. The fourth-order valence-corrected chi connectivity index (χ4v) is 1.06. The first kappa shape index (κ1) is 10.3. The third kappa shape index (κ3) is 2.57. The molecule has 13 heavy (non-hydrogen) atoms. The smallest absolute Gasteiger partial charge is 0.0610 e. The minimum Gasteiger partial charge on any atom is -0.394 e. The Kier molecular flexibility index (Phi) is 3.12. The number of hydrogen-bond acceptors (Lipinski definition) is 2. The van der Waals surface area contributed by atoms with E-state index in [1.165, 1.54) is 5.69 Å². The Morgan fingerprint density at radius 3 is 2.69 bits per heavy atom. The zero-order valence-corrected chi connectivity index (χ0v) is 8.54. The van der Waals surface area contributed by atoms with E-state index in [2.05, 4.69) is 9.88 Å². The van der Waals surface area contributed by atoms with Crippen LogP contribution in [0.4, 0.5) is 0 Å². The Bertz CT molecular complexity index is 241. The fraction of sp³-hybridized carbons (Fsp3) is 0.600. The minimum atomic E-state index is -0.162. The molecule has 0 aliphatic carbocycles. The number of H-pyrrole nitrogens is 1. The van der Waals surface area contributed by atoms with Crippen molar-refractivity contribution in [3.05, 3.63) is 24.0 Å². The van der Waals surface area contributed by atoms with E-state index < -0.39 is 0 Å². The molecule has 0 radical (unpaired) electrons. The first-order valence-corrected chi connectivity index (χ1v) is 4.50. The number of aromatic amines is 1. The van der Waals surface area contributed by atoms with Crippen LogP contribution in [0.15, 0.2) is 18.3 Å². The highest BCUT2D eigenvalue weighted by molar-refractivity contribution is 5.03. The molecular formula is C10H18N2O. The number of nitrogens with zero attached hydrogens (tertiary/aromatic N) is 1. The van der Waals surface area contributed by atoms with Crippen molar-refractivity contribution in [1.29, 1.82) is 0 Å². The van der Waals surface area contributed by atoms with Crippen LogP contribution in [-0.4, -0.2) is 34.2 Å². The average molecular weight is 182 g/mol. The van der Waals surface area contributed by atoms with Gasteiger partial charge in [-0.15, -0.1) is 0 Å². The van der Waals surface area contributed by atoms with E-state index in [0.717, 1.165) is 6.54 Å². The first-order chi connectivity index (χ1) is 6.06. The molecule has 0 saturated carbocycles. The second kappa shape index (κ2) is 3.94. The highest BCUT2D eigenvalue weighted by Gasteiger charge is 2.22. The van der Waals surface area contributed by atoms with Gasteiger partial charge in [-0.05, 0) is 33.0 Å². The molecule has 1 aromatic heterocycles.